The number of nitrogens with one attached hydrogen (secondary N) is 2. The van der Waals surface area contributed by atoms with Crippen LogP contribution in [0.2, 0.25) is 0 Å². The fourth-order valence-corrected chi connectivity index (χ4v) is 4.17. The van der Waals surface area contributed by atoms with Crippen LogP contribution in [0.3, 0.4) is 0 Å². The van der Waals surface area contributed by atoms with Crippen molar-refractivity contribution in [2.24, 2.45) is 0 Å². The van der Waals surface area contributed by atoms with Crippen molar-refractivity contribution in [3.05, 3.63) is 45.9 Å². The number of H-pyrrole nitrogens is 1. The molecule has 0 bridgehead atoms. The number of carboxylic acid groups (broad SMARTS) is 1. The zero-order chi connectivity index (χ0) is 33.1. The Bertz CT molecular complexity index is 1460. The lowest BCUT2D eigenvalue weighted by molar-refractivity contribution is -0.138. The number of aromatic nitrogens is 4. The Kier molecular flexibility index (Phi) is 15.6. The Morgan fingerprint density at radius 2 is 1.54 bits per heavy atom. The van der Waals surface area contributed by atoms with E-state index in [1.54, 1.807) is 7.11 Å². The van der Waals surface area contributed by atoms with Crippen LogP contribution in [0.1, 0.15) is 36.8 Å². The maximum Gasteiger partial charge on any atom is 0.328 e. The third kappa shape index (κ3) is 12.9. The molecule has 5 N–H and O–H groups in total. The molecule has 16 nitrogen and oxygen atoms in total. The van der Waals surface area contributed by atoms with E-state index < -0.39 is 5.97 Å². The first-order valence-electron chi connectivity index (χ1n) is 15.0. The first-order valence-corrected chi connectivity index (χ1v) is 15.0. The van der Waals surface area contributed by atoms with Crippen LogP contribution < -0.4 is 21.5 Å². The van der Waals surface area contributed by atoms with Gasteiger partial charge in [-0.15, -0.1) is 0 Å². The number of fused-ring (bicyclic) bond motifs is 1. The minimum absolute atomic E-state index is 0.00861. The van der Waals surface area contributed by atoms with E-state index in [0.717, 1.165) is 11.1 Å². The minimum Gasteiger partial charge on any atom is -0.481 e. The molecule has 0 radical (unpaired) electrons. The van der Waals surface area contributed by atoms with E-state index in [2.05, 4.69) is 20.3 Å². The number of hydrogen-bond acceptors (Lipinski definition) is 12. The second-order valence-corrected chi connectivity index (χ2v) is 10.1. The van der Waals surface area contributed by atoms with Gasteiger partial charge in [-0.25, -0.2) is 4.79 Å². The number of aliphatic carboxylic acids is 1. The van der Waals surface area contributed by atoms with Crippen molar-refractivity contribution in [2.75, 3.05) is 72.2 Å². The highest BCUT2D eigenvalue weighted by atomic mass is 16.5. The molecule has 0 unspecified atom stereocenters. The number of ketones is 1. The summed E-state index contributed by atoms with van der Waals surface area (Å²) in [5.74, 6) is -1.03. The van der Waals surface area contributed by atoms with Crippen molar-refractivity contribution >= 4 is 34.6 Å². The van der Waals surface area contributed by atoms with Gasteiger partial charge in [-0.3, -0.25) is 19.0 Å². The standard InChI is InChI=1S/C30H42N6O10/c1-42-14-19-46-29-34-27(31)26-28(35-29)36(30(41)33-26)20-22-4-2-21(3-5-22)6-7-23(37)8-9-24(38)32-11-13-44-16-18-45-17-15-43-12-10-25(39)40/h2-5H,6-20H2,1H3,(H,32,38)(H,33,41)(H,39,40)(H2,31,34,35). The molecule has 0 aliphatic rings. The number of Topliss-reactive ketones (excluding diaryl/α,β-unsaturated/α-hetero) is 1. The molecule has 1 amide bonds. The number of nitrogens with zero attached hydrogens (tertiary/aromatic N) is 3. The van der Waals surface area contributed by atoms with Crippen molar-refractivity contribution in [1.29, 1.82) is 0 Å². The number of anilines is 1. The number of aryl methyl sites for hydroxylation is 1. The van der Waals surface area contributed by atoms with E-state index in [1.807, 2.05) is 24.3 Å². The number of hydrogen-bond donors (Lipinski definition) is 4. The number of ether oxygens (including phenoxy) is 5. The number of carbonyl (C=O) groups is 3. The third-order valence-electron chi connectivity index (χ3n) is 6.61. The maximum absolute atomic E-state index is 12.6. The van der Waals surface area contributed by atoms with Gasteiger partial charge >= 0.3 is 17.7 Å². The molecule has 3 rings (SSSR count). The molecule has 0 aliphatic carbocycles. The van der Waals surface area contributed by atoms with E-state index in [-0.39, 0.29) is 68.2 Å². The fourth-order valence-electron chi connectivity index (χ4n) is 4.17. The summed E-state index contributed by atoms with van der Waals surface area (Å²) < 4.78 is 27.7. The van der Waals surface area contributed by atoms with Crippen molar-refractivity contribution in [3.63, 3.8) is 0 Å². The number of imidazole rings is 1. The number of benzene rings is 1. The molecule has 252 valence electrons. The number of nitrogen functional groups attached to an aromatic ring is 1. The average Bonchev–Trinajstić information content (AvgIpc) is 3.35. The van der Waals surface area contributed by atoms with Gasteiger partial charge in [0.15, 0.2) is 11.5 Å². The SMILES string of the molecule is COCCOc1nc(N)c2[nH]c(=O)n(Cc3ccc(CCC(=O)CCC(=O)NCCOCCOCCOCCC(=O)O)cc3)c2n1. The predicted octanol–water partition coefficient (Wildman–Crippen LogP) is 0.698. The smallest absolute Gasteiger partial charge is 0.328 e. The van der Waals surface area contributed by atoms with Gasteiger partial charge in [0.2, 0.25) is 5.91 Å². The van der Waals surface area contributed by atoms with Crippen LogP contribution in [0.25, 0.3) is 11.2 Å². The Hall–Kier alpha value is -4.38. The number of rotatable bonds is 24. The lowest BCUT2D eigenvalue weighted by atomic mass is 10.0. The van der Waals surface area contributed by atoms with E-state index in [0.29, 0.717) is 70.2 Å². The van der Waals surface area contributed by atoms with Crippen LogP contribution in [0, 0.1) is 0 Å². The summed E-state index contributed by atoms with van der Waals surface area (Å²) >= 11 is 0. The molecule has 2 heterocycles. The summed E-state index contributed by atoms with van der Waals surface area (Å²) in [7, 11) is 1.55. The summed E-state index contributed by atoms with van der Waals surface area (Å²) in [5, 5.41) is 11.2. The number of methoxy groups -OCH3 is 1. The van der Waals surface area contributed by atoms with Crippen molar-refractivity contribution < 1.29 is 43.2 Å². The quantitative estimate of drug-likeness (QED) is 0.0986. The topological polar surface area (TPSA) is 219 Å². The van der Waals surface area contributed by atoms with Gasteiger partial charge in [0.25, 0.3) is 0 Å². The fraction of sp³-hybridized carbons (Fsp3) is 0.533. The third-order valence-corrected chi connectivity index (χ3v) is 6.61. The molecule has 2 aromatic heterocycles. The normalized spacial score (nSPS) is 11.2. The van der Waals surface area contributed by atoms with Crippen molar-refractivity contribution in [2.45, 2.75) is 38.6 Å². The number of carbonyl (C=O) groups excluding carboxylic acids is 2. The zero-order valence-corrected chi connectivity index (χ0v) is 26.0. The van der Waals surface area contributed by atoms with Gasteiger partial charge in [0.1, 0.15) is 17.9 Å². The van der Waals surface area contributed by atoms with Crippen LogP contribution in [0.15, 0.2) is 29.1 Å². The van der Waals surface area contributed by atoms with Gasteiger partial charge < -0.3 is 44.8 Å². The maximum atomic E-state index is 12.6. The Morgan fingerprint density at radius 3 is 2.24 bits per heavy atom. The molecule has 0 fully saturated rings. The summed E-state index contributed by atoms with van der Waals surface area (Å²) in [6, 6.07) is 7.62. The molecule has 1 aromatic carbocycles. The molecule has 0 atom stereocenters. The highest BCUT2D eigenvalue weighted by molar-refractivity contribution is 5.85. The van der Waals surface area contributed by atoms with E-state index >= 15 is 0 Å². The Morgan fingerprint density at radius 1 is 0.870 bits per heavy atom. The van der Waals surface area contributed by atoms with E-state index in [1.165, 1.54) is 4.57 Å². The second kappa shape index (κ2) is 19.9. The lowest BCUT2D eigenvalue weighted by Gasteiger charge is -2.08. The summed E-state index contributed by atoms with van der Waals surface area (Å²) in [6.07, 6.45) is 1.06. The predicted molar refractivity (Wildman–Crippen MR) is 166 cm³/mol. The van der Waals surface area contributed by atoms with Crippen LogP contribution in [0.5, 0.6) is 6.01 Å². The molecule has 0 aliphatic heterocycles. The number of amides is 1. The number of carboxylic acids is 1. The Balaban J connectivity index is 1.30. The van der Waals surface area contributed by atoms with Gasteiger partial charge in [-0.2, -0.15) is 9.97 Å². The number of nitrogens with two attached hydrogens (primary N) is 1. The van der Waals surface area contributed by atoms with Crippen LogP contribution >= 0.6 is 0 Å². The number of aromatic amines is 1. The molecule has 46 heavy (non-hydrogen) atoms. The van der Waals surface area contributed by atoms with Gasteiger partial charge in [0.05, 0.1) is 59.2 Å². The lowest BCUT2D eigenvalue weighted by Crippen LogP contribution is -2.28. The summed E-state index contributed by atoms with van der Waals surface area (Å²) in [4.78, 5) is 58.5. The van der Waals surface area contributed by atoms with Gasteiger partial charge in [-0.05, 0) is 17.5 Å². The monoisotopic (exact) mass is 646 g/mol. The zero-order valence-electron chi connectivity index (χ0n) is 26.0. The van der Waals surface area contributed by atoms with Gasteiger partial charge in [0, 0.05) is 32.9 Å². The molecule has 0 saturated carbocycles. The highest BCUT2D eigenvalue weighted by Gasteiger charge is 2.15. The summed E-state index contributed by atoms with van der Waals surface area (Å²) in [6.45, 7) is 2.97. The first-order chi connectivity index (χ1) is 22.3. The van der Waals surface area contributed by atoms with E-state index in [4.69, 9.17) is 34.5 Å². The molecular formula is C30H42N6O10. The minimum atomic E-state index is -0.906. The second-order valence-electron chi connectivity index (χ2n) is 10.1. The van der Waals surface area contributed by atoms with Gasteiger partial charge in [-0.1, -0.05) is 24.3 Å². The molecule has 3 aromatic rings. The average molecular weight is 647 g/mol. The largest absolute Gasteiger partial charge is 0.481 e. The van der Waals surface area contributed by atoms with Crippen LogP contribution in [-0.2, 0) is 46.3 Å². The molecule has 0 saturated heterocycles. The molecule has 0 spiro atoms. The van der Waals surface area contributed by atoms with E-state index in [9.17, 15) is 19.2 Å². The molecular weight excluding hydrogens is 604 g/mol. The first kappa shape index (κ1) is 36.1. The van der Waals surface area contributed by atoms with Crippen molar-refractivity contribution in [1.82, 2.24) is 24.8 Å². The van der Waals surface area contributed by atoms with Crippen LogP contribution in [0.4, 0.5) is 5.82 Å². The highest BCUT2D eigenvalue weighted by Crippen LogP contribution is 2.19. The molecule has 16 heteroatoms. The van der Waals surface area contributed by atoms with Crippen molar-refractivity contribution in [3.8, 4) is 6.01 Å². The van der Waals surface area contributed by atoms with Crippen LogP contribution in [-0.4, -0.2) is 109 Å². The summed E-state index contributed by atoms with van der Waals surface area (Å²) in [5.41, 5.74) is 8.09. The Labute approximate surface area is 265 Å².